The quantitative estimate of drug-likeness (QED) is 0.721. The Morgan fingerprint density at radius 3 is 2.68 bits per heavy atom. The van der Waals surface area contributed by atoms with Crippen LogP contribution >= 0.6 is 12.4 Å². The van der Waals surface area contributed by atoms with Crippen LogP contribution in [0.15, 0.2) is 18.3 Å². The summed E-state index contributed by atoms with van der Waals surface area (Å²) in [5, 5.41) is 5.22. The second kappa shape index (κ2) is 8.44. The Balaban J connectivity index is 0.00000324. The summed E-state index contributed by atoms with van der Waals surface area (Å²) in [5.41, 5.74) is 6.52. The summed E-state index contributed by atoms with van der Waals surface area (Å²) in [7, 11) is 0. The molecule has 0 atom stereocenters. The maximum absolute atomic E-state index is 11.7. The van der Waals surface area contributed by atoms with E-state index in [0.29, 0.717) is 11.3 Å². The third-order valence-electron chi connectivity index (χ3n) is 2.15. The van der Waals surface area contributed by atoms with Crippen molar-refractivity contribution in [3.8, 4) is 0 Å². The van der Waals surface area contributed by atoms with Gasteiger partial charge in [-0.05, 0) is 26.0 Å². The number of amides is 2. The van der Waals surface area contributed by atoms with Gasteiger partial charge in [0.2, 0.25) is 5.91 Å². The van der Waals surface area contributed by atoms with Crippen LogP contribution in [0.1, 0.15) is 29.9 Å². The van der Waals surface area contributed by atoms with E-state index in [9.17, 15) is 9.59 Å². The van der Waals surface area contributed by atoms with E-state index in [1.165, 1.54) is 6.20 Å². The SMILES string of the molecule is CC(C)NC(=O)CNC(=O)c1ccnc(CN)c1.Cl. The first-order chi connectivity index (χ1) is 8.52. The fraction of sp³-hybridized carbons (Fsp3) is 0.417. The molecule has 0 saturated carbocycles. The highest BCUT2D eigenvalue weighted by Gasteiger charge is 2.09. The molecule has 19 heavy (non-hydrogen) atoms. The maximum Gasteiger partial charge on any atom is 0.251 e. The summed E-state index contributed by atoms with van der Waals surface area (Å²) in [5.74, 6) is -0.530. The van der Waals surface area contributed by atoms with Gasteiger partial charge < -0.3 is 16.4 Å². The Morgan fingerprint density at radius 2 is 2.11 bits per heavy atom. The minimum absolute atomic E-state index is 0. The molecule has 0 aliphatic carbocycles. The molecule has 0 fully saturated rings. The molecule has 0 aliphatic heterocycles. The normalized spacial score (nSPS) is 9.68. The lowest BCUT2D eigenvalue weighted by molar-refractivity contribution is -0.120. The Morgan fingerprint density at radius 1 is 1.42 bits per heavy atom. The van der Waals surface area contributed by atoms with Gasteiger partial charge in [-0.2, -0.15) is 0 Å². The molecule has 106 valence electrons. The van der Waals surface area contributed by atoms with E-state index >= 15 is 0 Å². The van der Waals surface area contributed by atoms with E-state index in [0.717, 1.165) is 0 Å². The third-order valence-corrected chi connectivity index (χ3v) is 2.15. The Labute approximate surface area is 118 Å². The van der Waals surface area contributed by atoms with Crippen LogP contribution < -0.4 is 16.4 Å². The van der Waals surface area contributed by atoms with Gasteiger partial charge >= 0.3 is 0 Å². The molecule has 1 aromatic rings. The van der Waals surface area contributed by atoms with Crippen molar-refractivity contribution in [2.75, 3.05) is 6.54 Å². The van der Waals surface area contributed by atoms with E-state index in [4.69, 9.17) is 5.73 Å². The van der Waals surface area contributed by atoms with Crippen LogP contribution in [0, 0.1) is 0 Å². The van der Waals surface area contributed by atoms with Gasteiger partial charge in [-0.3, -0.25) is 14.6 Å². The Bertz CT molecular complexity index is 437. The lowest BCUT2D eigenvalue weighted by Crippen LogP contribution is -2.39. The standard InChI is InChI=1S/C12H18N4O2.ClH/c1-8(2)16-11(17)7-15-12(18)9-3-4-14-10(5-9)6-13;/h3-5,8H,6-7,13H2,1-2H3,(H,15,18)(H,16,17);1H. The van der Waals surface area contributed by atoms with Crippen molar-refractivity contribution < 1.29 is 9.59 Å². The number of aromatic nitrogens is 1. The van der Waals surface area contributed by atoms with E-state index in [1.54, 1.807) is 12.1 Å². The Kier molecular flexibility index (Phi) is 7.71. The van der Waals surface area contributed by atoms with Crippen molar-refractivity contribution in [1.29, 1.82) is 0 Å². The number of carbonyl (C=O) groups excluding carboxylic acids is 2. The van der Waals surface area contributed by atoms with Crippen molar-refractivity contribution in [3.63, 3.8) is 0 Å². The average molecular weight is 287 g/mol. The molecule has 2 amide bonds. The van der Waals surface area contributed by atoms with Gasteiger partial charge in [-0.1, -0.05) is 0 Å². The van der Waals surface area contributed by atoms with Crippen molar-refractivity contribution in [2.24, 2.45) is 5.73 Å². The van der Waals surface area contributed by atoms with Crippen LogP contribution in [-0.4, -0.2) is 29.4 Å². The van der Waals surface area contributed by atoms with Crippen molar-refractivity contribution >= 4 is 24.2 Å². The lowest BCUT2D eigenvalue weighted by atomic mass is 10.2. The van der Waals surface area contributed by atoms with E-state index < -0.39 is 0 Å². The highest BCUT2D eigenvalue weighted by Crippen LogP contribution is 2.00. The summed E-state index contributed by atoms with van der Waals surface area (Å²) < 4.78 is 0. The molecule has 1 rings (SSSR count). The van der Waals surface area contributed by atoms with E-state index in [2.05, 4.69) is 15.6 Å². The molecular weight excluding hydrogens is 268 g/mol. The Hall–Kier alpha value is -1.66. The van der Waals surface area contributed by atoms with E-state index in [-0.39, 0.29) is 43.4 Å². The van der Waals surface area contributed by atoms with Gasteiger partial charge in [0.05, 0.1) is 12.2 Å². The zero-order valence-corrected chi connectivity index (χ0v) is 11.8. The maximum atomic E-state index is 11.7. The number of halogens is 1. The molecular formula is C12H19ClN4O2. The molecule has 1 heterocycles. The van der Waals surface area contributed by atoms with Gasteiger partial charge in [-0.15, -0.1) is 12.4 Å². The molecule has 0 aliphatic rings. The van der Waals surface area contributed by atoms with Gasteiger partial charge in [0, 0.05) is 24.3 Å². The first kappa shape index (κ1) is 17.3. The monoisotopic (exact) mass is 286 g/mol. The number of pyridine rings is 1. The number of nitrogens with two attached hydrogens (primary N) is 1. The first-order valence-electron chi connectivity index (χ1n) is 5.75. The summed E-state index contributed by atoms with van der Waals surface area (Å²) in [6, 6.07) is 3.24. The van der Waals surface area contributed by atoms with Crippen LogP contribution in [0.4, 0.5) is 0 Å². The molecule has 0 bridgehead atoms. The minimum atomic E-state index is -0.314. The molecule has 0 aromatic carbocycles. The molecule has 1 aromatic heterocycles. The highest BCUT2D eigenvalue weighted by atomic mass is 35.5. The molecule has 0 unspecified atom stereocenters. The number of hydrogen-bond donors (Lipinski definition) is 3. The summed E-state index contributed by atoms with van der Waals surface area (Å²) >= 11 is 0. The molecule has 7 heteroatoms. The number of hydrogen-bond acceptors (Lipinski definition) is 4. The molecule has 0 spiro atoms. The van der Waals surface area contributed by atoms with Gasteiger partial charge in [0.15, 0.2) is 0 Å². The third kappa shape index (κ3) is 6.17. The number of nitrogens with zero attached hydrogens (tertiary/aromatic N) is 1. The fourth-order valence-corrected chi connectivity index (χ4v) is 1.37. The van der Waals surface area contributed by atoms with Crippen LogP contribution in [0.2, 0.25) is 0 Å². The number of nitrogens with one attached hydrogen (secondary N) is 2. The minimum Gasteiger partial charge on any atom is -0.352 e. The second-order valence-electron chi connectivity index (χ2n) is 4.14. The first-order valence-corrected chi connectivity index (χ1v) is 5.75. The molecule has 0 radical (unpaired) electrons. The molecule has 0 saturated heterocycles. The predicted octanol–water partition coefficient (Wildman–Crippen LogP) is 0.216. The van der Waals surface area contributed by atoms with Gasteiger partial charge in [0.1, 0.15) is 0 Å². The van der Waals surface area contributed by atoms with Crippen LogP contribution in [0.25, 0.3) is 0 Å². The second-order valence-corrected chi connectivity index (χ2v) is 4.14. The van der Waals surface area contributed by atoms with Crippen LogP contribution in [0.3, 0.4) is 0 Å². The molecule has 4 N–H and O–H groups in total. The summed E-state index contributed by atoms with van der Waals surface area (Å²) in [6.07, 6.45) is 1.52. The van der Waals surface area contributed by atoms with Gasteiger partial charge in [0.25, 0.3) is 5.91 Å². The van der Waals surface area contributed by atoms with Crippen molar-refractivity contribution in [3.05, 3.63) is 29.6 Å². The van der Waals surface area contributed by atoms with Crippen molar-refractivity contribution in [1.82, 2.24) is 15.6 Å². The van der Waals surface area contributed by atoms with E-state index in [1.807, 2.05) is 13.8 Å². The number of rotatable bonds is 5. The molecule has 6 nitrogen and oxygen atoms in total. The van der Waals surface area contributed by atoms with Crippen LogP contribution in [0.5, 0.6) is 0 Å². The predicted molar refractivity (Wildman–Crippen MR) is 75.0 cm³/mol. The summed E-state index contributed by atoms with van der Waals surface area (Å²) in [4.78, 5) is 27.1. The highest BCUT2D eigenvalue weighted by molar-refractivity contribution is 5.96. The van der Waals surface area contributed by atoms with Gasteiger partial charge in [-0.25, -0.2) is 0 Å². The summed E-state index contributed by atoms with van der Waals surface area (Å²) in [6.45, 7) is 3.94. The fourth-order valence-electron chi connectivity index (χ4n) is 1.37. The topological polar surface area (TPSA) is 97.1 Å². The zero-order chi connectivity index (χ0) is 13.5. The zero-order valence-electron chi connectivity index (χ0n) is 11.0. The lowest BCUT2D eigenvalue weighted by Gasteiger charge is -2.09. The smallest absolute Gasteiger partial charge is 0.251 e. The number of carbonyl (C=O) groups is 2. The van der Waals surface area contributed by atoms with Crippen molar-refractivity contribution in [2.45, 2.75) is 26.4 Å². The van der Waals surface area contributed by atoms with Crippen LogP contribution in [-0.2, 0) is 11.3 Å². The largest absolute Gasteiger partial charge is 0.352 e. The average Bonchev–Trinajstić information content (AvgIpc) is 2.35.